The largest absolute Gasteiger partial charge is 1.00 e. The molecule has 0 heterocycles. The molecule has 1 rings (SSSR count). The van der Waals surface area contributed by atoms with Gasteiger partial charge in [-0.3, -0.25) is 0 Å². The first-order chi connectivity index (χ1) is 6.63. The van der Waals surface area contributed by atoms with Crippen LogP contribution < -0.4 is 56.5 Å². The summed E-state index contributed by atoms with van der Waals surface area (Å²) in [6.07, 6.45) is 0.780. The number of benzene rings is 1. The van der Waals surface area contributed by atoms with Gasteiger partial charge >= 0.3 is 51.4 Å². The summed E-state index contributed by atoms with van der Waals surface area (Å²) in [5.41, 5.74) is 0.623. The maximum atomic E-state index is 10.3. The van der Waals surface area contributed by atoms with Gasteiger partial charge in [-0.05, 0) is 23.8 Å². The summed E-state index contributed by atoms with van der Waals surface area (Å²) in [6.45, 7) is 0. The first kappa shape index (κ1) is 15.0. The molecule has 0 aromatic heterocycles. The van der Waals surface area contributed by atoms with E-state index in [0.29, 0.717) is 5.56 Å². The van der Waals surface area contributed by atoms with E-state index >= 15 is 0 Å². The van der Waals surface area contributed by atoms with E-state index in [1.165, 1.54) is 0 Å². The van der Waals surface area contributed by atoms with Crippen molar-refractivity contribution < 1.29 is 61.3 Å². The normalized spacial score (nSPS) is 10.0. The number of allylic oxidation sites excluding steroid dienone is 1. The molecule has 0 unspecified atom stereocenters. The first-order valence-electron chi connectivity index (χ1n) is 3.72. The predicted molar refractivity (Wildman–Crippen MR) is 52.7 cm³/mol. The van der Waals surface area contributed by atoms with Crippen molar-refractivity contribution in [1.82, 2.24) is 0 Å². The van der Waals surface area contributed by atoms with E-state index in [4.69, 9.17) is 5.26 Å². The second-order valence-corrected chi connectivity index (χ2v) is 3.41. The number of hydrogen-bond acceptors (Lipinski definition) is 3. The van der Waals surface area contributed by atoms with Gasteiger partial charge in [-0.25, -0.2) is 0 Å². The zero-order valence-electron chi connectivity index (χ0n) is 8.03. The Labute approximate surface area is 138 Å². The second kappa shape index (κ2) is 7.33. The Morgan fingerprint density at radius 2 is 2.20 bits per heavy atom. The molecule has 0 atom stereocenters. The maximum Gasteiger partial charge on any atom is 1.00 e. The Morgan fingerprint density at radius 1 is 1.53 bits per heavy atom. The molecule has 0 aliphatic heterocycles. The molecule has 0 saturated heterocycles. The summed E-state index contributed by atoms with van der Waals surface area (Å²) in [6, 6.07) is 8.63. The molecule has 5 heteroatoms. The minimum Gasteiger partial charge on any atom is -0.545 e. The van der Waals surface area contributed by atoms with Crippen LogP contribution in [0.3, 0.4) is 0 Å². The zero-order chi connectivity index (χ0) is 10.6. The average Bonchev–Trinajstić information content (AvgIpc) is 2.14. The number of nitriles is 1. The van der Waals surface area contributed by atoms with Crippen molar-refractivity contribution >= 4 is 27.5 Å². The van der Waals surface area contributed by atoms with E-state index in [0.717, 1.165) is 10.5 Å². The summed E-state index contributed by atoms with van der Waals surface area (Å²) in [4.78, 5) is 10.3. The number of rotatable bonds is 2. The van der Waals surface area contributed by atoms with Crippen molar-refractivity contribution in [2.45, 2.75) is 0 Å². The van der Waals surface area contributed by atoms with Crippen LogP contribution in [0.4, 0.5) is 0 Å². The minimum absolute atomic E-state index is 0. The Morgan fingerprint density at radius 3 is 2.67 bits per heavy atom. The van der Waals surface area contributed by atoms with Gasteiger partial charge in [0.1, 0.15) is 0 Å². The molecule has 1 aromatic carbocycles. The Hall–Kier alpha value is 0.0364. The van der Waals surface area contributed by atoms with Gasteiger partial charge in [-0.15, -0.1) is 0 Å². The molecule has 0 fully saturated rings. The van der Waals surface area contributed by atoms with Crippen LogP contribution >= 0.6 is 15.9 Å². The number of hydrogen-bond donors (Lipinski definition) is 0. The Balaban J connectivity index is 0.00000196. The maximum absolute atomic E-state index is 10.3. The predicted octanol–water partition coefficient (Wildman–Crippen LogP) is -1.89. The van der Waals surface area contributed by atoms with Crippen LogP contribution in [0.5, 0.6) is 0 Å². The number of carboxylic acids is 1. The van der Waals surface area contributed by atoms with Crippen molar-refractivity contribution in [2.24, 2.45) is 0 Å². The number of halogens is 1. The van der Waals surface area contributed by atoms with Crippen LogP contribution in [0.1, 0.15) is 5.56 Å². The van der Waals surface area contributed by atoms with E-state index < -0.39 is 5.97 Å². The molecule has 0 amide bonds. The molecule has 0 N–H and O–H groups in total. The van der Waals surface area contributed by atoms with Crippen molar-refractivity contribution in [3.8, 4) is 6.07 Å². The Bertz CT molecular complexity index is 437. The molecule has 1 aromatic rings. The van der Waals surface area contributed by atoms with Gasteiger partial charge < -0.3 is 9.90 Å². The van der Waals surface area contributed by atoms with E-state index in [2.05, 4.69) is 15.9 Å². The molecule has 0 bridgehead atoms. The average molecular weight is 290 g/mol. The Kier molecular flexibility index (Phi) is 7.35. The third-order valence-corrected chi connectivity index (χ3v) is 2.01. The molecule has 0 radical (unpaired) electrons. The van der Waals surface area contributed by atoms with Gasteiger partial charge in [0.2, 0.25) is 0 Å². The quantitative estimate of drug-likeness (QED) is 0.363. The van der Waals surface area contributed by atoms with Gasteiger partial charge in [0, 0.05) is 4.47 Å². The van der Waals surface area contributed by atoms with Gasteiger partial charge in [0.05, 0.1) is 17.6 Å². The summed E-state index contributed by atoms with van der Waals surface area (Å²) in [7, 11) is 0. The van der Waals surface area contributed by atoms with Crippen molar-refractivity contribution in [3.63, 3.8) is 0 Å². The number of carboxylic acid groups (broad SMARTS) is 1. The molecule has 0 aliphatic carbocycles. The summed E-state index contributed by atoms with van der Waals surface area (Å²) in [5, 5.41) is 19.0. The molecule has 70 valence electrons. The molecule has 0 spiro atoms. The zero-order valence-corrected chi connectivity index (χ0v) is 12.7. The number of carbonyl (C=O) groups excluding carboxylic acids is 1. The monoisotopic (exact) mass is 289 g/mol. The van der Waals surface area contributed by atoms with Gasteiger partial charge in [-0.1, -0.05) is 28.1 Å². The van der Waals surface area contributed by atoms with Crippen LogP contribution in [0.15, 0.2) is 34.8 Å². The van der Waals surface area contributed by atoms with E-state index in [-0.39, 0.29) is 57.0 Å². The minimum atomic E-state index is -1.37. The molecular formula is C10H5BrKNO2. The van der Waals surface area contributed by atoms with Gasteiger partial charge in [0.25, 0.3) is 0 Å². The summed E-state index contributed by atoms with van der Waals surface area (Å²) >= 11 is 3.23. The first-order valence-corrected chi connectivity index (χ1v) is 4.51. The van der Waals surface area contributed by atoms with E-state index in [1.807, 2.05) is 0 Å². The third-order valence-electron chi connectivity index (χ3n) is 1.52. The molecule has 3 nitrogen and oxygen atoms in total. The van der Waals surface area contributed by atoms with Gasteiger partial charge in [-0.2, -0.15) is 5.26 Å². The summed E-state index contributed by atoms with van der Waals surface area (Å²) < 4.78 is 0.787. The van der Waals surface area contributed by atoms with Crippen molar-refractivity contribution in [3.05, 3.63) is 40.4 Å². The fraction of sp³-hybridized carbons (Fsp3) is 0. The molecule has 0 saturated carbocycles. The van der Waals surface area contributed by atoms with Gasteiger partial charge in [0.15, 0.2) is 0 Å². The fourth-order valence-corrected chi connectivity index (χ4v) is 1.35. The van der Waals surface area contributed by atoms with Crippen molar-refractivity contribution in [2.75, 3.05) is 0 Å². The van der Waals surface area contributed by atoms with E-state index in [9.17, 15) is 9.90 Å². The van der Waals surface area contributed by atoms with E-state index in [1.54, 1.807) is 30.3 Å². The van der Waals surface area contributed by atoms with Crippen LogP contribution in [-0.2, 0) is 4.79 Å². The van der Waals surface area contributed by atoms with Crippen LogP contribution in [0.25, 0.3) is 5.57 Å². The number of nitrogens with zero attached hydrogens (tertiary/aromatic N) is 1. The third kappa shape index (κ3) is 5.07. The smallest absolute Gasteiger partial charge is 0.545 e. The second-order valence-electron chi connectivity index (χ2n) is 2.50. The van der Waals surface area contributed by atoms with Crippen molar-refractivity contribution in [1.29, 1.82) is 5.26 Å². The SMILES string of the molecule is N#C/C(=C\C(=O)[O-])c1cccc(Br)c1.[K+]. The number of carbonyl (C=O) groups is 1. The molecular weight excluding hydrogens is 285 g/mol. The van der Waals surface area contributed by atoms with Crippen LogP contribution in [-0.4, -0.2) is 5.97 Å². The standard InChI is InChI=1S/C10H6BrNO2.K/c11-9-3-1-2-7(4-9)8(6-12)5-10(13)14;/h1-5H,(H,13,14);/q;+1/p-1/b8-5+;. The van der Waals surface area contributed by atoms with Crippen LogP contribution in [0, 0.1) is 11.3 Å². The fourth-order valence-electron chi connectivity index (χ4n) is 0.954. The topological polar surface area (TPSA) is 63.9 Å². The summed E-state index contributed by atoms with van der Waals surface area (Å²) in [5.74, 6) is -1.37. The number of aliphatic carboxylic acids is 1. The molecule has 15 heavy (non-hydrogen) atoms. The molecule has 0 aliphatic rings. The van der Waals surface area contributed by atoms with Crippen LogP contribution in [0.2, 0.25) is 0 Å².